The number of hydrogen-bond donors (Lipinski definition) is 2. The molecule has 0 fully saturated rings. The number of nitrogens with one attached hydrogen (secondary N) is 2. The van der Waals surface area contributed by atoms with Gasteiger partial charge in [-0.3, -0.25) is 0 Å². The third kappa shape index (κ3) is 2.44. The second kappa shape index (κ2) is 5.90. The number of rotatable bonds is 5. The van der Waals surface area contributed by atoms with Gasteiger partial charge in [0, 0.05) is 27.8 Å². The molecule has 0 aliphatic heterocycles. The first-order valence-electron chi connectivity index (χ1n) is 7.96. The van der Waals surface area contributed by atoms with Crippen LogP contribution in [0.4, 0.5) is 0 Å². The standard InChI is InChI=1S/C19H24N2/c1-4-13(5-2)19(20-3)14-10-11-18-16(12-14)15-8-6-7-9-17(15)21-18/h6-13,19-21H,4-5H2,1-3H3. The molecule has 1 atom stereocenters. The maximum atomic E-state index is 3.52. The first-order chi connectivity index (χ1) is 10.3. The lowest BCUT2D eigenvalue weighted by Gasteiger charge is -2.25. The molecule has 0 spiro atoms. The van der Waals surface area contributed by atoms with E-state index in [1.807, 2.05) is 0 Å². The van der Waals surface area contributed by atoms with Crippen molar-refractivity contribution < 1.29 is 0 Å². The number of para-hydroxylation sites is 1. The molecule has 2 heteroatoms. The quantitative estimate of drug-likeness (QED) is 0.675. The summed E-state index contributed by atoms with van der Waals surface area (Å²) >= 11 is 0. The highest BCUT2D eigenvalue weighted by atomic mass is 14.9. The molecule has 1 heterocycles. The van der Waals surface area contributed by atoms with Gasteiger partial charge in [-0.25, -0.2) is 0 Å². The lowest BCUT2D eigenvalue weighted by molar-refractivity contribution is 0.360. The van der Waals surface area contributed by atoms with Crippen molar-refractivity contribution in [1.82, 2.24) is 10.3 Å². The lowest BCUT2D eigenvalue weighted by atomic mass is 9.88. The molecular weight excluding hydrogens is 256 g/mol. The summed E-state index contributed by atoms with van der Waals surface area (Å²) in [5.41, 5.74) is 3.83. The zero-order valence-electron chi connectivity index (χ0n) is 13.1. The molecule has 2 nitrogen and oxygen atoms in total. The largest absolute Gasteiger partial charge is 0.355 e. The third-order valence-electron chi connectivity index (χ3n) is 4.72. The van der Waals surface area contributed by atoms with Gasteiger partial charge in [-0.2, -0.15) is 0 Å². The molecule has 0 aliphatic carbocycles. The van der Waals surface area contributed by atoms with E-state index < -0.39 is 0 Å². The number of fused-ring (bicyclic) bond motifs is 3. The van der Waals surface area contributed by atoms with Crippen molar-refractivity contribution in [3.8, 4) is 0 Å². The van der Waals surface area contributed by atoms with Crippen molar-refractivity contribution in [2.75, 3.05) is 7.05 Å². The van der Waals surface area contributed by atoms with Gasteiger partial charge in [0.15, 0.2) is 0 Å². The maximum Gasteiger partial charge on any atom is 0.0465 e. The summed E-state index contributed by atoms with van der Waals surface area (Å²) in [6.07, 6.45) is 2.40. The first-order valence-corrected chi connectivity index (χ1v) is 7.96. The van der Waals surface area contributed by atoms with Crippen LogP contribution in [0.25, 0.3) is 21.8 Å². The summed E-state index contributed by atoms with van der Waals surface area (Å²) < 4.78 is 0. The molecule has 1 aromatic heterocycles. The summed E-state index contributed by atoms with van der Waals surface area (Å²) in [6.45, 7) is 4.56. The van der Waals surface area contributed by atoms with E-state index in [9.17, 15) is 0 Å². The normalized spacial score (nSPS) is 13.3. The van der Waals surface area contributed by atoms with E-state index in [2.05, 4.69) is 73.7 Å². The van der Waals surface area contributed by atoms with Crippen molar-refractivity contribution >= 4 is 21.8 Å². The van der Waals surface area contributed by atoms with Gasteiger partial charge in [-0.1, -0.05) is 51.0 Å². The highest BCUT2D eigenvalue weighted by Gasteiger charge is 2.19. The van der Waals surface area contributed by atoms with Crippen molar-refractivity contribution in [1.29, 1.82) is 0 Å². The number of hydrogen-bond acceptors (Lipinski definition) is 1. The van der Waals surface area contributed by atoms with Crippen molar-refractivity contribution in [3.05, 3.63) is 48.0 Å². The van der Waals surface area contributed by atoms with Crippen LogP contribution in [0.3, 0.4) is 0 Å². The van der Waals surface area contributed by atoms with Crippen molar-refractivity contribution in [2.24, 2.45) is 5.92 Å². The number of aromatic amines is 1. The topological polar surface area (TPSA) is 27.8 Å². The van der Waals surface area contributed by atoms with E-state index >= 15 is 0 Å². The van der Waals surface area contributed by atoms with Gasteiger partial charge < -0.3 is 10.3 Å². The van der Waals surface area contributed by atoms with Gasteiger partial charge in [0.05, 0.1) is 0 Å². The minimum absolute atomic E-state index is 0.429. The average Bonchev–Trinajstić information content (AvgIpc) is 2.90. The number of aromatic nitrogens is 1. The Labute approximate surface area is 126 Å². The fourth-order valence-corrected chi connectivity index (χ4v) is 3.49. The Bertz CT molecular complexity index is 737. The van der Waals surface area contributed by atoms with Crippen LogP contribution in [0, 0.1) is 5.92 Å². The Kier molecular flexibility index (Phi) is 3.98. The molecule has 0 bridgehead atoms. The molecule has 21 heavy (non-hydrogen) atoms. The van der Waals surface area contributed by atoms with Crippen molar-refractivity contribution in [2.45, 2.75) is 32.7 Å². The van der Waals surface area contributed by atoms with Crippen LogP contribution in [0.2, 0.25) is 0 Å². The van der Waals surface area contributed by atoms with Crippen LogP contribution in [0.1, 0.15) is 38.3 Å². The molecule has 0 aliphatic rings. The van der Waals surface area contributed by atoms with E-state index in [-0.39, 0.29) is 0 Å². The number of H-pyrrole nitrogens is 1. The second-order valence-corrected chi connectivity index (χ2v) is 5.82. The van der Waals surface area contributed by atoms with Gasteiger partial charge in [-0.05, 0) is 36.7 Å². The second-order valence-electron chi connectivity index (χ2n) is 5.82. The molecule has 2 aromatic carbocycles. The number of benzene rings is 2. The molecule has 0 saturated heterocycles. The van der Waals surface area contributed by atoms with E-state index in [1.165, 1.54) is 40.2 Å². The molecule has 3 aromatic rings. The van der Waals surface area contributed by atoms with Crippen LogP contribution >= 0.6 is 0 Å². The zero-order valence-corrected chi connectivity index (χ0v) is 13.1. The van der Waals surface area contributed by atoms with Crippen LogP contribution in [0.15, 0.2) is 42.5 Å². The van der Waals surface area contributed by atoms with E-state index in [1.54, 1.807) is 0 Å². The van der Waals surface area contributed by atoms with Crippen LogP contribution < -0.4 is 5.32 Å². The molecular formula is C19H24N2. The molecule has 1 unspecified atom stereocenters. The fourth-order valence-electron chi connectivity index (χ4n) is 3.49. The zero-order chi connectivity index (χ0) is 14.8. The summed E-state index contributed by atoms with van der Waals surface area (Å²) in [4.78, 5) is 3.50. The molecule has 2 N–H and O–H groups in total. The predicted molar refractivity (Wildman–Crippen MR) is 91.7 cm³/mol. The van der Waals surface area contributed by atoms with Crippen LogP contribution in [-0.2, 0) is 0 Å². The minimum Gasteiger partial charge on any atom is -0.355 e. The predicted octanol–water partition coefficient (Wildman–Crippen LogP) is 5.02. The molecule has 3 rings (SSSR count). The molecule has 0 amide bonds. The Morgan fingerprint density at radius 3 is 2.38 bits per heavy atom. The SMILES string of the molecule is CCC(CC)C(NC)c1ccc2[nH]c3ccccc3c2c1. The van der Waals surface area contributed by atoms with E-state index in [0.29, 0.717) is 12.0 Å². The summed E-state index contributed by atoms with van der Waals surface area (Å²) in [7, 11) is 2.07. The van der Waals surface area contributed by atoms with Crippen molar-refractivity contribution in [3.63, 3.8) is 0 Å². The van der Waals surface area contributed by atoms with Crippen LogP contribution in [0.5, 0.6) is 0 Å². The highest BCUT2D eigenvalue weighted by molar-refractivity contribution is 6.07. The third-order valence-corrected chi connectivity index (χ3v) is 4.72. The van der Waals surface area contributed by atoms with E-state index in [4.69, 9.17) is 0 Å². The summed E-state index contributed by atoms with van der Waals surface area (Å²) in [5, 5.41) is 6.16. The van der Waals surface area contributed by atoms with Gasteiger partial charge in [0.1, 0.15) is 0 Å². The van der Waals surface area contributed by atoms with Gasteiger partial charge in [0.25, 0.3) is 0 Å². The van der Waals surface area contributed by atoms with Crippen LogP contribution in [-0.4, -0.2) is 12.0 Å². The fraction of sp³-hybridized carbons (Fsp3) is 0.368. The Balaban J connectivity index is 2.12. The Morgan fingerprint density at radius 2 is 1.67 bits per heavy atom. The first kappa shape index (κ1) is 14.2. The van der Waals surface area contributed by atoms with Gasteiger partial charge in [0.2, 0.25) is 0 Å². The average molecular weight is 280 g/mol. The molecule has 0 saturated carbocycles. The summed E-state index contributed by atoms with van der Waals surface area (Å²) in [6, 6.07) is 15.8. The van der Waals surface area contributed by atoms with Gasteiger partial charge in [-0.15, -0.1) is 0 Å². The van der Waals surface area contributed by atoms with Gasteiger partial charge >= 0.3 is 0 Å². The Morgan fingerprint density at radius 1 is 0.952 bits per heavy atom. The Hall–Kier alpha value is -1.80. The minimum atomic E-state index is 0.429. The highest BCUT2D eigenvalue weighted by Crippen LogP contribution is 2.32. The summed E-state index contributed by atoms with van der Waals surface area (Å²) in [5.74, 6) is 0.678. The monoisotopic (exact) mass is 280 g/mol. The molecule has 0 radical (unpaired) electrons. The van der Waals surface area contributed by atoms with E-state index in [0.717, 1.165) is 0 Å². The maximum absolute atomic E-state index is 3.52. The smallest absolute Gasteiger partial charge is 0.0465 e. The lowest BCUT2D eigenvalue weighted by Crippen LogP contribution is -2.24. The molecule has 110 valence electrons.